The minimum Gasteiger partial charge on any atom is -0.462 e. The second kappa shape index (κ2) is 8.11. The Morgan fingerprint density at radius 1 is 1.18 bits per heavy atom. The van der Waals surface area contributed by atoms with Gasteiger partial charge in [-0.25, -0.2) is 13.2 Å². The first-order valence-electron chi connectivity index (χ1n) is 8.83. The zero-order chi connectivity index (χ0) is 20.3. The fourth-order valence-corrected chi connectivity index (χ4v) is 4.37. The lowest BCUT2D eigenvalue weighted by atomic mass is 10.2. The number of rotatable bonds is 5. The quantitative estimate of drug-likeness (QED) is 0.687. The van der Waals surface area contributed by atoms with Crippen LogP contribution < -0.4 is 0 Å². The van der Waals surface area contributed by atoms with Crippen molar-refractivity contribution in [3.05, 3.63) is 47.3 Å². The molecule has 0 bridgehead atoms. The summed E-state index contributed by atoms with van der Waals surface area (Å²) >= 11 is 0. The Hall–Kier alpha value is -2.72. The second-order valence-electron chi connectivity index (χ2n) is 6.28. The Balaban J connectivity index is 1.70. The third-order valence-corrected chi connectivity index (χ3v) is 6.24. The van der Waals surface area contributed by atoms with Crippen LogP contribution >= 0.6 is 0 Å². The summed E-state index contributed by atoms with van der Waals surface area (Å²) in [5, 5.41) is 3.70. The number of ether oxygens (including phenoxy) is 1. The lowest BCUT2D eigenvalue weighted by Crippen LogP contribution is -2.50. The number of piperazine rings is 1. The summed E-state index contributed by atoms with van der Waals surface area (Å²) < 4.78 is 37.0. The molecule has 2 heterocycles. The average Bonchev–Trinajstić information content (AvgIpc) is 3.14. The molecular weight excluding hydrogens is 386 g/mol. The number of benzene rings is 1. The van der Waals surface area contributed by atoms with Gasteiger partial charge >= 0.3 is 5.97 Å². The highest BCUT2D eigenvalue weighted by atomic mass is 32.2. The minimum absolute atomic E-state index is 0.0173. The van der Waals surface area contributed by atoms with Gasteiger partial charge in [0.25, 0.3) is 5.91 Å². The van der Waals surface area contributed by atoms with E-state index in [0.29, 0.717) is 5.69 Å². The van der Waals surface area contributed by atoms with Gasteiger partial charge in [-0.05, 0) is 32.0 Å². The first-order chi connectivity index (χ1) is 13.3. The molecule has 9 nitrogen and oxygen atoms in total. The van der Waals surface area contributed by atoms with Crippen LogP contribution in [0.25, 0.3) is 0 Å². The molecule has 0 saturated carbocycles. The second-order valence-corrected chi connectivity index (χ2v) is 8.22. The smallest absolute Gasteiger partial charge is 0.338 e. The average molecular weight is 407 g/mol. The van der Waals surface area contributed by atoms with Crippen molar-refractivity contribution in [1.82, 2.24) is 14.4 Å². The Kier molecular flexibility index (Phi) is 5.80. The van der Waals surface area contributed by atoms with E-state index in [1.54, 1.807) is 19.9 Å². The molecule has 0 atom stereocenters. The van der Waals surface area contributed by atoms with Crippen molar-refractivity contribution in [2.75, 3.05) is 32.8 Å². The van der Waals surface area contributed by atoms with Gasteiger partial charge < -0.3 is 14.2 Å². The molecule has 2 aromatic rings. The third-order valence-electron chi connectivity index (χ3n) is 4.35. The van der Waals surface area contributed by atoms with E-state index in [1.807, 2.05) is 0 Å². The van der Waals surface area contributed by atoms with Crippen molar-refractivity contribution >= 4 is 21.9 Å². The number of carbonyl (C=O) groups excluding carboxylic acids is 2. The molecule has 0 spiro atoms. The van der Waals surface area contributed by atoms with E-state index in [2.05, 4.69) is 5.16 Å². The third kappa shape index (κ3) is 4.07. The topological polar surface area (TPSA) is 110 Å². The molecule has 150 valence electrons. The van der Waals surface area contributed by atoms with Gasteiger partial charge in [0.05, 0.1) is 22.8 Å². The van der Waals surface area contributed by atoms with Crippen LogP contribution in [0.2, 0.25) is 0 Å². The molecule has 3 rings (SSSR count). The van der Waals surface area contributed by atoms with Gasteiger partial charge in [0.2, 0.25) is 15.8 Å². The molecule has 1 fully saturated rings. The van der Waals surface area contributed by atoms with Gasteiger partial charge in [0, 0.05) is 32.2 Å². The van der Waals surface area contributed by atoms with E-state index in [0.717, 1.165) is 0 Å². The number of carbonyl (C=O) groups is 2. The molecule has 0 radical (unpaired) electrons. The maximum absolute atomic E-state index is 12.9. The number of aryl methyl sites for hydroxylation is 1. The SMILES string of the molecule is CCOC(=O)c1cccc(S(=O)(=O)N2CCN(C(=O)c3cc(C)no3)CC2)c1. The van der Waals surface area contributed by atoms with E-state index >= 15 is 0 Å². The van der Waals surface area contributed by atoms with E-state index in [4.69, 9.17) is 9.26 Å². The van der Waals surface area contributed by atoms with Gasteiger partial charge in [-0.3, -0.25) is 4.79 Å². The molecule has 10 heteroatoms. The summed E-state index contributed by atoms with van der Waals surface area (Å²) in [6.07, 6.45) is 0. The van der Waals surface area contributed by atoms with Crippen molar-refractivity contribution in [2.45, 2.75) is 18.7 Å². The predicted octanol–water partition coefficient (Wildman–Crippen LogP) is 1.31. The number of esters is 1. The van der Waals surface area contributed by atoms with Crippen molar-refractivity contribution < 1.29 is 27.3 Å². The van der Waals surface area contributed by atoms with Crippen molar-refractivity contribution in [3.8, 4) is 0 Å². The normalized spacial score (nSPS) is 15.4. The highest BCUT2D eigenvalue weighted by Crippen LogP contribution is 2.20. The van der Waals surface area contributed by atoms with Crippen LogP contribution in [0.4, 0.5) is 0 Å². The Labute approximate surface area is 162 Å². The number of amides is 1. The number of aromatic nitrogens is 1. The summed E-state index contributed by atoms with van der Waals surface area (Å²) in [5.41, 5.74) is 0.781. The van der Waals surface area contributed by atoms with Crippen LogP contribution in [0.3, 0.4) is 0 Å². The molecule has 0 N–H and O–H groups in total. The summed E-state index contributed by atoms with van der Waals surface area (Å²) in [6, 6.07) is 7.31. The van der Waals surface area contributed by atoms with Gasteiger partial charge in [-0.2, -0.15) is 4.31 Å². The van der Waals surface area contributed by atoms with E-state index < -0.39 is 16.0 Å². The molecule has 0 unspecified atom stereocenters. The van der Waals surface area contributed by atoms with Crippen LogP contribution in [-0.2, 0) is 14.8 Å². The monoisotopic (exact) mass is 407 g/mol. The van der Waals surface area contributed by atoms with Gasteiger partial charge in [-0.15, -0.1) is 0 Å². The van der Waals surface area contributed by atoms with E-state index in [1.165, 1.54) is 33.5 Å². The number of hydrogen-bond donors (Lipinski definition) is 0. The number of hydrogen-bond acceptors (Lipinski definition) is 7. The maximum atomic E-state index is 12.9. The fraction of sp³-hybridized carbons (Fsp3) is 0.389. The van der Waals surface area contributed by atoms with Crippen LogP contribution in [-0.4, -0.2) is 67.4 Å². The highest BCUT2D eigenvalue weighted by molar-refractivity contribution is 7.89. The highest BCUT2D eigenvalue weighted by Gasteiger charge is 2.31. The Bertz CT molecular complexity index is 977. The van der Waals surface area contributed by atoms with Crippen LogP contribution in [0.15, 0.2) is 39.8 Å². The molecule has 1 amide bonds. The molecule has 0 aliphatic carbocycles. The fourth-order valence-electron chi connectivity index (χ4n) is 2.90. The summed E-state index contributed by atoms with van der Waals surface area (Å²) in [5.74, 6) is -0.754. The molecule has 1 saturated heterocycles. The standard InChI is InChI=1S/C18H21N3O6S/c1-3-26-18(23)14-5-4-6-15(12-14)28(24,25)21-9-7-20(8-10-21)17(22)16-11-13(2)19-27-16/h4-6,11-12H,3,7-10H2,1-2H3. The van der Waals surface area contributed by atoms with Crippen molar-refractivity contribution in [2.24, 2.45) is 0 Å². The summed E-state index contributed by atoms with van der Waals surface area (Å²) in [7, 11) is -3.79. The minimum atomic E-state index is -3.79. The first-order valence-corrected chi connectivity index (χ1v) is 10.3. The molecule has 1 aromatic heterocycles. The zero-order valence-corrected chi connectivity index (χ0v) is 16.4. The summed E-state index contributed by atoms with van der Waals surface area (Å²) in [6.45, 7) is 4.35. The van der Waals surface area contributed by atoms with E-state index in [9.17, 15) is 18.0 Å². The maximum Gasteiger partial charge on any atom is 0.338 e. The van der Waals surface area contributed by atoms with Crippen LogP contribution in [0.5, 0.6) is 0 Å². The zero-order valence-electron chi connectivity index (χ0n) is 15.6. The van der Waals surface area contributed by atoms with Gasteiger partial charge in [0.1, 0.15) is 0 Å². The molecule has 1 aliphatic rings. The van der Waals surface area contributed by atoms with E-state index in [-0.39, 0.29) is 54.9 Å². The first kappa shape index (κ1) is 20.0. The molecule has 1 aromatic carbocycles. The molecular formula is C18H21N3O6S. The largest absolute Gasteiger partial charge is 0.462 e. The number of sulfonamides is 1. The van der Waals surface area contributed by atoms with Crippen LogP contribution in [0.1, 0.15) is 33.5 Å². The van der Waals surface area contributed by atoms with Gasteiger partial charge in [0.15, 0.2) is 0 Å². The Morgan fingerprint density at radius 2 is 1.89 bits per heavy atom. The Morgan fingerprint density at radius 3 is 2.50 bits per heavy atom. The predicted molar refractivity (Wildman–Crippen MR) is 98.3 cm³/mol. The number of nitrogens with zero attached hydrogens (tertiary/aromatic N) is 3. The molecule has 1 aliphatic heterocycles. The van der Waals surface area contributed by atoms with Gasteiger partial charge in [-0.1, -0.05) is 11.2 Å². The lowest BCUT2D eigenvalue weighted by Gasteiger charge is -2.33. The molecule has 28 heavy (non-hydrogen) atoms. The summed E-state index contributed by atoms with van der Waals surface area (Å²) in [4.78, 5) is 25.8. The van der Waals surface area contributed by atoms with Crippen LogP contribution in [0, 0.1) is 6.92 Å². The lowest BCUT2D eigenvalue weighted by molar-refractivity contribution is 0.0525. The van der Waals surface area contributed by atoms with Crippen molar-refractivity contribution in [3.63, 3.8) is 0 Å². The van der Waals surface area contributed by atoms with Crippen molar-refractivity contribution in [1.29, 1.82) is 0 Å².